The number of hydrogen-bond acceptors (Lipinski definition) is 3. The first kappa shape index (κ1) is 25.6. The molecule has 4 rings (SSSR count). The van der Waals surface area contributed by atoms with Crippen LogP contribution >= 0.6 is 23.2 Å². The van der Waals surface area contributed by atoms with Gasteiger partial charge in [-0.15, -0.1) is 0 Å². The third-order valence-corrected chi connectivity index (χ3v) is 5.95. The molecule has 0 aliphatic heterocycles. The number of halogens is 5. The second kappa shape index (κ2) is 10.2. The van der Waals surface area contributed by atoms with Crippen molar-refractivity contribution in [1.82, 2.24) is 14.7 Å². The van der Waals surface area contributed by atoms with Gasteiger partial charge in [0.1, 0.15) is 18.0 Å². The molecule has 0 spiro atoms. The molecule has 4 aromatic rings. The van der Waals surface area contributed by atoms with Crippen LogP contribution in [0.25, 0.3) is 16.8 Å². The highest BCUT2D eigenvalue weighted by molar-refractivity contribution is 6.37. The Hall–Kier alpha value is -3.49. The van der Waals surface area contributed by atoms with E-state index in [-0.39, 0.29) is 33.9 Å². The van der Waals surface area contributed by atoms with Gasteiger partial charge in [-0.25, -0.2) is 4.68 Å². The number of ether oxygens (including phenoxy) is 1. The Bertz CT molecular complexity index is 1360. The standard InChI is InChI=1S/C26H20Cl2F3N3O2/c1-33(2)25(35)18-8-6-16(7-9-18)17-10-12-20(13-11-17)36-15-19-14-23(26(29,30)31)32-34(19)24-21(27)4-3-5-22(24)28/h3-14H,15H2,1-2H3. The number of rotatable bonds is 6. The molecule has 0 aliphatic rings. The van der Waals surface area contributed by atoms with Gasteiger partial charge < -0.3 is 9.64 Å². The van der Waals surface area contributed by atoms with Gasteiger partial charge in [-0.05, 0) is 53.6 Å². The highest BCUT2D eigenvalue weighted by Gasteiger charge is 2.35. The molecule has 0 unspecified atom stereocenters. The lowest BCUT2D eigenvalue weighted by atomic mass is 10.0. The summed E-state index contributed by atoms with van der Waals surface area (Å²) in [5.41, 5.74) is 1.56. The first-order valence-electron chi connectivity index (χ1n) is 10.7. The van der Waals surface area contributed by atoms with Crippen molar-refractivity contribution < 1.29 is 22.7 Å². The van der Waals surface area contributed by atoms with Crippen molar-refractivity contribution in [3.05, 3.63) is 99.8 Å². The molecule has 0 saturated carbocycles. The lowest BCUT2D eigenvalue weighted by molar-refractivity contribution is -0.141. The summed E-state index contributed by atoms with van der Waals surface area (Å²) < 4.78 is 46.9. The second-order valence-corrected chi connectivity index (χ2v) is 8.91. The van der Waals surface area contributed by atoms with E-state index in [1.165, 1.54) is 17.0 Å². The van der Waals surface area contributed by atoms with Crippen LogP contribution in [-0.4, -0.2) is 34.7 Å². The Morgan fingerprint density at radius 3 is 2.03 bits per heavy atom. The van der Waals surface area contributed by atoms with Crippen LogP contribution in [0.2, 0.25) is 10.0 Å². The van der Waals surface area contributed by atoms with E-state index < -0.39 is 11.9 Å². The predicted octanol–water partition coefficient (Wildman–Crippen LogP) is 7.15. The minimum Gasteiger partial charge on any atom is -0.487 e. The minimum absolute atomic E-state index is 0.0868. The Kier molecular flexibility index (Phi) is 7.28. The Morgan fingerprint density at radius 1 is 0.944 bits per heavy atom. The molecular weight excluding hydrogens is 514 g/mol. The van der Waals surface area contributed by atoms with Gasteiger partial charge in [-0.3, -0.25) is 4.79 Å². The van der Waals surface area contributed by atoms with Crippen LogP contribution in [0.1, 0.15) is 21.7 Å². The maximum atomic E-state index is 13.4. The number of amides is 1. The number of benzene rings is 3. The van der Waals surface area contributed by atoms with E-state index in [1.54, 1.807) is 44.4 Å². The van der Waals surface area contributed by atoms with Crippen molar-refractivity contribution >= 4 is 29.1 Å². The zero-order valence-electron chi connectivity index (χ0n) is 19.2. The third kappa shape index (κ3) is 5.50. The first-order chi connectivity index (χ1) is 17.0. The molecule has 0 aliphatic carbocycles. The molecule has 0 fully saturated rings. The van der Waals surface area contributed by atoms with Crippen molar-refractivity contribution in [1.29, 1.82) is 0 Å². The summed E-state index contributed by atoms with van der Waals surface area (Å²) in [6.07, 6.45) is -4.65. The van der Waals surface area contributed by atoms with Gasteiger partial charge in [0.2, 0.25) is 0 Å². The molecule has 186 valence electrons. The third-order valence-electron chi connectivity index (χ3n) is 5.34. The van der Waals surface area contributed by atoms with Gasteiger partial charge in [0.25, 0.3) is 5.91 Å². The SMILES string of the molecule is CN(C)C(=O)c1ccc(-c2ccc(OCc3cc(C(F)(F)F)nn3-c3c(Cl)cccc3Cl)cc2)cc1. The summed E-state index contributed by atoms with van der Waals surface area (Å²) >= 11 is 12.4. The monoisotopic (exact) mass is 533 g/mol. The van der Waals surface area contributed by atoms with Crippen molar-refractivity contribution in [3.63, 3.8) is 0 Å². The Balaban J connectivity index is 1.54. The lowest BCUT2D eigenvalue weighted by Crippen LogP contribution is -2.21. The van der Waals surface area contributed by atoms with Gasteiger partial charge in [0.05, 0.1) is 15.7 Å². The fourth-order valence-corrected chi connectivity index (χ4v) is 4.07. The van der Waals surface area contributed by atoms with E-state index in [9.17, 15) is 18.0 Å². The Morgan fingerprint density at radius 2 is 1.50 bits per heavy atom. The van der Waals surface area contributed by atoms with E-state index in [0.717, 1.165) is 21.9 Å². The Labute approximate surface area is 215 Å². The maximum Gasteiger partial charge on any atom is 0.435 e. The van der Waals surface area contributed by atoms with E-state index >= 15 is 0 Å². The zero-order chi connectivity index (χ0) is 26.0. The number of carbonyl (C=O) groups is 1. The van der Waals surface area contributed by atoms with E-state index in [0.29, 0.717) is 11.3 Å². The molecule has 1 aromatic heterocycles. The summed E-state index contributed by atoms with van der Waals surface area (Å²) in [4.78, 5) is 13.6. The molecule has 1 heterocycles. The fraction of sp³-hybridized carbons (Fsp3) is 0.154. The number of hydrogen-bond donors (Lipinski definition) is 0. The van der Waals surface area contributed by atoms with Gasteiger partial charge in [-0.2, -0.15) is 18.3 Å². The first-order valence-corrected chi connectivity index (χ1v) is 11.5. The molecule has 0 N–H and O–H groups in total. The summed E-state index contributed by atoms with van der Waals surface area (Å²) in [7, 11) is 3.38. The van der Waals surface area contributed by atoms with Gasteiger partial charge in [0, 0.05) is 19.7 Å². The van der Waals surface area contributed by atoms with Gasteiger partial charge in [0.15, 0.2) is 5.69 Å². The van der Waals surface area contributed by atoms with Gasteiger partial charge in [-0.1, -0.05) is 53.5 Å². The zero-order valence-corrected chi connectivity index (χ0v) is 20.7. The lowest BCUT2D eigenvalue weighted by Gasteiger charge is -2.12. The average Bonchev–Trinajstić information content (AvgIpc) is 3.27. The topological polar surface area (TPSA) is 47.4 Å². The highest BCUT2D eigenvalue weighted by Crippen LogP contribution is 2.34. The molecule has 3 aromatic carbocycles. The van der Waals surface area contributed by atoms with E-state index in [2.05, 4.69) is 5.10 Å². The average molecular weight is 534 g/mol. The van der Waals surface area contributed by atoms with Crippen molar-refractivity contribution in [2.75, 3.05) is 14.1 Å². The number of nitrogens with zero attached hydrogens (tertiary/aromatic N) is 3. The molecular formula is C26H20Cl2F3N3O2. The van der Waals surface area contributed by atoms with E-state index in [1.807, 2.05) is 24.3 Å². The number of carbonyl (C=O) groups excluding carboxylic acids is 1. The van der Waals surface area contributed by atoms with E-state index in [4.69, 9.17) is 27.9 Å². The second-order valence-electron chi connectivity index (χ2n) is 8.09. The molecule has 0 bridgehead atoms. The summed E-state index contributed by atoms with van der Waals surface area (Å²) in [6, 6.07) is 19.8. The van der Waals surface area contributed by atoms with Crippen LogP contribution in [0, 0.1) is 0 Å². The molecule has 0 atom stereocenters. The van der Waals surface area contributed by atoms with Crippen LogP contribution in [-0.2, 0) is 12.8 Å². The summed E-state index contributed by atoms with van der Waals surface area (Å²) in [5.74, 6) is 0.362. The summed E-state index contributed by atoms with van der Waals surface area (Å²) in [6.45, 7) is -0.203. The number of aromatic nitrogens is 2. The molecule has 5 nitrogen and oxygen atoms in total. The van der Waals surface area contributed by atoms with Crippen LogP contribution in [0.15, 0.2) is 72.8 Å². The summed E-state index contributed by atoms with van der Waals surface area (Å²) in [5, 5.41) is 4.00. The smallest absolute Gasteiger partial charge is 0.435 e. The van der Waals surface area contributed by atoms with Crippen molar-refractivity contribution in [2.45, 2.75) is 12.8 Å². The maximum absolute atomic E-state index is 13.4. The highest BCUT2D eigenvalue weighted by atomic mass is 35.5. The molecule has 0 saturated heterocycles. The van der Waals surface area contributed by atoms with Crippen LogP contribution < -0.4 is 4.74 Å². The molecule has 10 heteroatoms. The quantitative estimate of drug-likeness (QED) is 0.264. The fourth-order valence-electron chi connectivity index (χ4n) is 3.51. The minimum atomic E-state index is -4.65. The number of alkyl halides is 3. The van der Waals surface area contributed by atoms with Crippen molar-refractivity contribution in [2.24, 2.45) is 0 Å². The van der Waals surface area contributed by atoms with Crippen LogP contribution in [0.3, 0.4) is 0 Å². The molecule has 1 amide bonds. The predicted molar refractivity (Wildman–Crippen MR) is 133 cm³/mol. The van der Waals surface area contributed by atoms with Gasteiger partial charge >= 0.3 is 6.18 Å². The largest absolute Gasteiger partial charge is 0.487 e. The number of para-hydroxylation sites is 1. The normalized spacial score (nSPS) is 11.4. The molecule has 0 radical (unpaired) electrons. The van der Waals surface area contributed by atoms with Crippen molar-refractivity contribution in [3.8, 4) is 22.6 Å². The van der Waals surface area contributed by atoms with Crippen LogP contribution in [0.4, 0.5) is 13.2 Å². The molecule has 36 heavy (non-hydrogen) atoms. The van der Waals surface area contributed by atoms with Crippen LogP contribution in [0.5, 0.6) is 5.75 Å².